The van der Waals surface area contributed by atoms with E-state index in [-0.39, 0.29) is 24.1 Å². The summed E-state index contributed by atoms with van der Waals surface area (Å²) in [6.45, 7) is 2.74. The molecule has 2 aliphatic carbocycles. The lowest BCUT2D eigenvalue weighted by molar-refractivity contribution is -0.141. The first-order valence-electron chi connectivity index (χ1n) is 10.3. The van der Waals surface area contributed by atoms with Gasteiger partial charge in [0.05, 0.1) is 25.4 Å². The molecule has 26 heavy (non-hydrogen) atoms. The summed E-state index contributed by atoms with van der Waals surface area (Å²) in [4.78, 5) is 11.1. The smallest absolute Gasteiger partial charge is 0.305 e. The fourth-order valence-electron chi connectivity index (χ4n) is 4.53. The van der Waals surface area contributed by atoms with Crippen LogP contribution in [0.3, 0.4) is 0 Å². The van der Waals surface area contributed by atoms with Crippen LogP contribution in [0.4, 0.5) is 0 Å². The van der Waals surface area contributed by atoms with E-state index in [0.29, 0.717) is 31.3 Å². The van der Waals surface area contributed by atoms with E-state index < -0.39 is 6.10 Å². The van der Waals surface area contributed by atoms with Crippen LogP contribution >= 0.6 is 0 Å². The SMILES string of the molecule is CCCCCC(O)C=C[C@H]1[C@@H]2CC(OCCCC(=O)OC)C[C@H]2C[C@@H]1O. The molecule has 0 spiro atoms. The zero-order valence-corrected chi connectivity index (χ0v) is 16.3. The monoisotopic (exact) mass is 368 g/mol. The Morgan fingerprint density at radius 3 is 2.77 bits per heavy atom. The van der Waals surface area contributed by atoms with Crippen molar-refractivity contribution in [1.82, 2.24) is 0 Å². The van der Waals surface area contributed by atoms with Gasteiger partial charge in [0.2, 0.25) is 0 Å². The minimum absolute atomic E-state index is 0.129. The molecule has 0 heterocycles. The van der Waals surface area contributed by atoms with Crippen LogP contribution in [0, 0.1) is 17.8 Å². The highest BCUT2D eigenvalue weighted by molar-refractivity contribution is 5.68. The van der Waals surface area contributed by atoms with Crippen LogP contribution in [-0.4, -0.2) is 48.2 Å². The van der Waals surface area contributed by atoms with Crippen molar-refractivity contribution in [3.05, 3.63) is 12.2 Å². The number of ether oxygens (including phenoxy) is 2. The second-order valence-electron chi connectivity index (χ2n) is 7.90. The Balaban J connectivity index is 1.74. The standard InChI is InChI=1S/C21H36O5/c1-3-4-5-7-16(22)9-10-18-19-14-17(12-15(19)13-20(18)23)26-11-6-8-21(24)25-2/h9-10,15-20,22-23H,3-8,11-14H2,1-2H3/t15-,16?,17?,18-,19+,20-/m0/s1. The lowest BCUT2D eigenvalue weighted by atomic mass is 9.90. The number of rotatable bonds is 11. The van der Waals surface area contributed by atoms with Crippen molar-refractivity contribution >= 4 is 5.97 Å². The zero-order valence-electron chi connectivity index (χ0n) is 16.3. The van der Waals surface area contributed by atoms with Gasteiger partial charge in [-0.05, 0) is 43.9 Å². The fourth-order valence-corrected chi connectivity index (χ4v) is 4.53. The number of aliphatic hydroxyl groups is 2. The predicted molar refractivity (Wildman–Crippen MR) is 101 cm³/mol. The van der Waals surface area contributed by atoms with Gasteiger partial charge in [0, 0.05) is 18.9 Å². The third kappa shape index (κ3) is 6.36. The van der Waals surface area contributed by atoms with E-state index in [1.54, 1.807) is 0 Å². The molecular weight excluding hydrogens is 332 g/mol. The van der Waals surface area contributed by atoms with Gasteiger partial charge in [-0.25, -0.2) is 0 Å². The molecule has 0 aromatic rings. The molecule has 2 saturated carbocycles. The molecule has 2 unspecified atom stereocenters. The summed E-state index contributed by atoms with van der Waals surface area (Å²) < 4.78 is 10.6. The van der Waals surface area contributed by atoms with E-state index in [0.717, 1.165) is 44.9 Å². The van der Waals surface area contributed by atoms with Crippen molar-refractivity contribution in [2.75, 3.05) is 13.7 Å². The summed E-state index contributed by atoms with van der Waals surface area (Å²) in [5, 5.41) is 20.5. The van der Waals surface area contributed by atoms with Gasteiger partial charge < -0.3 is 19.7 Å². The second-order valence-corrected chi connectivity index (χ2v) is 7.90. The number of esters is 1. The number of methoxy groups -OCH3 is 1. The summed E-state index contributed by atoms with van der Waals surface area (Å²) in [6.07, 6.45) is 11.5. The van der Waals surface area contributed by atoms with E-state index in [2.05, 4.69) is 11.7 Å². The molecule has 5 nitrogen and oxygen atoms in total. The zero-order chi connectivity index (χ0) is 18.9. The molecule has 0 amide bonds. The van der Waals surface area contributed by atoms with E-state index in [9.17, 15) is 15.0 Å². The molecule has 150 valence electrons. The summed E-state index contributed by atoms with van der Waals surface area (Å²) in [7, 11) is 1.40. The predicted octanol–water partition coefficient (Wildman–Crippen LogP) is 3.23. The van der Waals surface area contributed by atoms with Gasteiger partial charge in [-0.2, -0.15) is 0 Å². The van der Waals surface area contributed by atoms with Crippen LogP contribution in [0.5, 0.6) is 0 Å². The molecule has 2 aliphatic rings. The third-order valence-corrected chi connectivity index (χ3v) is 5.95. The number of carbonyl (C=O) groups excluding carboxylic acids is 1. The molecule has 2 N–H and O–H groups in total. The fraction of sp³-hybridized carbons (Fsp3) is 0.857. The number of carbonyl (C=O) groups is 1. The quantitative estimate of drug-likeness (QED) is 0.333. The average Bonchev–Trinajstić information content (AvgIpc) is 3.13. The first kappa shape index (κ1) is 21.4. The second kappa shape index (κ2) is 11.1. The number of aliphatic hydroxyl groups excluding tert-OH is 2. The topological polar surface area (TPSA) is 76.0 Å². The Labute approximate surface area is 157 Å². The Bertz CT molecular complexity index is 450. The maximum Gasteiger partial charge on any atom is 0.305 e. The number of hydrogen-bond donors (Lipinski definition) is 2. The Kier molecular flexibility index (Phi) is 9.09. The van der Waals surface area contributed by atoms with Gasteiger partial charge in [0.25, 0.3) is 0 Å². The minimum atomic E-state index is -0.403. The molecule has 0 aliphatic heterocycles. The van der Waals surface area contributed by atoms with Crippen LogP contribution < -0.4 is 0 Å². The van der Waals surface area contributed by atoms with Crippen molar-refractivity contribution < 1.29 is 24.5 Å². The molecule has 5 heteroatoms. The number of fused-ring (bicyclic) bond motifs is 1. The molecule has 0 saturated heterocycles. The lowest BCUT2D eigenvalue weighted by Crippen LogP contribution is -2.20. The Morgan fingerprint density at radius 2 is 2.04 bits per heavy atom. The van der Waals surface area contributed by atoms with E-state index in [4.69, 9.17) is 4.74 Å². The van der Waals surface area contributed by atoms with Crippen molar-refractivity contribution in [3.8, 4) is 0 Å². The first-order valence-corrected chi connectivity index (χ1v) is 10.3. The lowest BCUT2D eigenvalue weighted by Gasteiger charge is -2.19. The van der Waals surface area contributed by atoms with Crippen molar-refractivity contribution in [1.29, 1.82) is 0 Å². The van der Waals surface area contributed by atoms with Crippen molar-refractivity contribution in [2.45, 2.75) is 83.0 Å². The number of unbranched alkanes of at least 4 members (excludes halogenated alkanes) is 2. The summed E-state index contributed by atoms with van der Waals surface area (Å²) in [6, 6.07) is 0. The Hall–Kier alpha value is -0.910. The van der Waals surface area contributed by atoms with Gasteiger partial charge in [-0.3, -0.25) is 4.79 Å². The molecule has 0 aromatic heterocycles. The highest BCUT2D eigenvalue weighted by Gasteiger charge is 2.47. The molecular formula is C21H36O5. The largest absolute Gasteiger partial charge is 0.469 e. The third-order valence-electron chi connectivity index (χ3n) is 5.95. The molecule has 0 bridgehead atoms. The maximum absolute atomic E-state index is 11.1. The first-order chi connectivity index (χ1) is 12.5. The minimum Gasteiger partial charge on any atom is -0.469 e. The normalized spacial score (nSPS) is 32.1. The molecule has 6 atom stereocenters. The summed E-state index contributed by atoms with van der Waals surface area (Å²) in [5.41, 5.74) is 0. The van der Waals surface area contributed by atoms with Gasteiger partial charge in [-0.15, -0.1) is 0 Å². The van der Waals surface area contributed by atoms with Crippen LogP contribution in [0.25, 0.3) is 0 Å². The van der Waals surface area contributed by atoms with Gasteiger partial charge in [-0.1, -0.05) is 38.3 Å². The van der Waals surface area contributed by atoms with Gasteiger partial charge in [0.1, 0.15) is 0 Å². The number of hydrogen-bond acceptors (Lipinski definition) is 5. The maximum atomic E-state index is 11.1. The molecule has 2 fully saturated rings. The van der Waals surface area contributed by atoms with Gasteiger partial charge >= 0.3 is 5.97 Å². The highest BCUT2D eigenvalue weighted by atomic mass is 16.5. The molecule has 2 rings (SSSR count). The molecule has 0 aromatic carbocycles. The van der Waals surface area contributed by atoms with Crippen LogP contribution in [0.2, 0.25) is 0 Å². The van der Waals surface area contributed by atoms with Crippen molar-refractivity contribution in [3.63, 3.8) is 0 Å². The molecule has 0 radical (unpaired) electrons. The Morgan fingerprint density at radius 1 is 1.23 bits per heavy atom. The van der Waals surface area contributed by atoms with E-state index in [1.807, 2.05) is 12.2 Å². The van der Waals surface area contributed by atoms with Crippen molar-refractivity contribution in [2.24, 2.45) is 17.8 Å². The van der Waals surface area contributed by atoms with Crippen LogP contribution in [0.15, 0.2) is 12.2 Å². The van der Waals surface area contributed by atoms with Crippen LogP contribution in [0.1, 0.15) is 64.7 Å². The van der Waals surface area contributed by atoms with Gasteiger partial charge in [0.15, 0.2) is 0 Å². The van der Waals surface area contributed by atoms with E-state index >= 15 is 0 Å². The van der Waals surface area contributed by atoms with E-state index in [1.165, 1.54) is 7.11 Å². The summed E-state index contributed by atoms with van der Waals surface area (Å²) >= 11 is 0. The summed E-state index contributed by atoms with van der Waals surface area (Å²) in [5.74, 6) is 0.879. The highest BCUT2D eigenvalue weighted by Crippen LogP contribution is 2.49. The average molecular weight is 369 g/mol. The van der Waals surface area contributed by atoms with Crippen LogP contribution in [-0.2, 0) is 14.3 Å².